The molecule has 26 heavy (non-hydrogen) atoms. The number of hydrogen-bond acceptors (Lipinski definition) is 4. The first-order valence-electron chi connectivity index (χ1n) is 8.99. The molecular formula is C22H28O4. The van der Waals surface area contributed by atoms with Crippen LogP contribution in [0.15, 0.2) is 54.6 Å². The third-order valence-corrected chi connectivity index (χ3v) is 4.49. The molecule has 0 heterocycles. The summed E-state index contributed by atoms with van der Waals surface area (Å²) < 4.78 is 16.5. The number of benzene rings is 2. The maximum atomic E-state index is 11.9. The summed E-state index contributed by atoms with van der Waals surface area (Å²) in [6.07, 6.45) is 1.00. The molecule has 0 bridgehead atoms. The van der Waals surface area contributed by atoms with E-state index in [0.29, 0.717) is 32.7 Å². The van der Waals surface area contributed by atoms with E-state index < -0.39 is 0 Å². The summed E-state index contributed by atoms with van der Waals surface area (Å²) >= 11 is 0. The fraction of sp³-hybridized carbons (Fsp3) is 0.409. The highest BCUT2D eigenvalue weighted by molar-refractivity contribution is 5.69. The van der Waals surface area contributed by atoms with E-state index >= 15 is 0 Å². The van der Waals surface area contributed by atoms with Gasteiger partial charge in [-0.1, -0.05) is 49.4 Å². The normalized spacial score (nSPS) is 13.0. The summed E-state index contributed by atoms with van der Waals surface area (Å²) in [6, 6.07) is 18.0. The summed E-state index contributed by atoms with van der Waals surface area (Å²) in [5.41, 5.74) is 1.91. The van der Waals surface area contributed by atoms with Gasteiger partial charge in [-0.05, 0) is 36.6 Å². The minimum atomic E-state index is -0.309. The monoisotopic (exact) mass is 356 g/mol. The Morgan fingerprint density at radius 3 is 2.54 bits per heavy atom. The summed E-state index contributed by atoms with van der Waals surface area (Å²) in [5.74, 6) is 0.623. The first-order chi connectivity index (χ1) is 12.6. The van der Waals surface area contributed by atoms with E-state index in [4.69, 9.17) is 14.2 Å². The van der Waals surface area contributed by atoms with Gasteiger partial charge in [0.25, 0.3) is 0 Å². The second-order valence-corrected chi connectivity index (χ2v) is 6.58. The van der Waals surface area contributed by atoms with Gasteiger partial charge >= 0.3 is 5.97 Å². The Morgan fingerprint density at radius 1 is 1.08 bits per heavy atom. The van der Waals surface area contributed by atoms with Crippen LogP contribution < -0.4 is 4.74 Å². The molecule has 2 aromatic rings. The lowest BCUT2D eigenvalue weighted by Gasteiger charge is -2.30. The Labute approximate surface area is 156 Å². The molecule has 0 radical (unpaired) electrons. The highest BCUT2D eigenvalue weighted by atomic mass is 16.5. The van der Waals surface area contributed by atoms with Crippen LogP contribution >= 0.6 is 0 Å². The second kappa shape index (κ2) is 9.97. The molecule has 0 spiro atoms. The van der Waals surface area contributed by atoms with Gasteiger partial charge in [0.1, 0.15) is 5.75 Å². The van der Waals surface area contributed by atoms with Gasteiger partial charge in [0.2, 0.25) is 0 Å². The van der Waals surface area contributed by atoms with Crippen molar-refractivity contribution in [3.8, 4) is 5.75 Å². The number of hydrogen-bond donors (Lipinski definition) is 0. The van der Waals surface area contributed by atoms with Gasteiger partial charge in [-0.25, -0.2) is 0 Å². The molecule has 140 valence electrons. The summed E-state index contributed by atoms with van der Waals surface area (Å²) in [4.78, 5) is 11.9. The predicted octanol–water partition coefficient (Wildman–Crippen LogP) is 4.51. The standard InChI is InChI=1S/C22H28O4/c1-4-26-21(23)13-14-22(2,19-11-8-12-20(15-19)24-3)17-25-16-18-9-6-5-7-10-18/h5-12,15H,4,13-14,16-17H2,1-3H3/t22-/m0/s1. The molecule has 4 heteroatoms. The molecular weight excluding hydrogens is 328 g/mol. The largest absolute Gasteiger partial charge is 0.497 e. The van der Waals surface area contributed by atoms with Gasteiger partial charge < -0.3 is 14.2 Å². The Kier molecular flexibility index (Phi) is 7.67. The number of ether oxygens (including phenoxy) is 3. The molecule has 0 fully saturated rings. The van der Waals surface area contributed by atoms with E-state index in [1.165, 1.54) is 0 Å². The van der Waals surface area contributed by atoms with Crippen LogP contribution in [0.3, 0.4) is 0 Å². The van der Waals surface area contributed by atoms with E-state index in [1.807, 2.05) is 55.5 Å². The lowest BCUT2D eigenvalue weighted by Crippen LogP contribution is -2.29. The Morgan fingerprint density at radius 2 is 1.85 bits per heavy atom. The van der Waals surface area contributed by atoms with Gasteiger partial charge in [0.05, 0.1) is 26.9 Å². The first kappa shape index (κ1) is 20.0. The quantitative estimate of drug-likeness (QED) is 0.588. The summed E-state index contributed by atoms with van der Waals surface area (Å²) in [6.45, 7) is 5.39. The molecule has 0 aliphatic rings. The SMILES string of the molecule is CCOC(=O)CC[C@@](C)(COCc1ccccc1)c1cccc(OC)c1. The van der Waals surface area contributed by atoms with Crippen molar-refractivity contribution in [3.05, 3.63) is 65.7 Å². The molecule has 2 aromatic carbocycles. The highest BCUT2D eigenvalue weighted by Gasteiger charge is 2.28. The molecule has 0 aliphatic carbocycles. The number of carbonyl (C=O) groups excluding carboxylic acids is 1. The summed E-state index contributed by atoms with van der Waals surface area (Å²) in [5, 5.41) is 0. The maximum Gasteiger partial charge on any atom is 0.305 e. The van der Waals surface area contributed by atoms with Crippen molar-refractivity contribution in [2.45, 2.75) is 38.7 Å². The van der Waals surface area contributed by atoms with E-state index in [-0.39, 0.29) is 11.4 Å². The smallest absolute Gasteiger partial charge is 0.305 e. The fourth-order valence-electron chi connectivity index (χ4n) is 2.88. The molecule has 4 nitrogen and oxygen atoms in total. The van der Waals surface area contributed by atoms with Crippen molar-refractivity contribution in [2.24, 2.45) is 0 Å². The number of rotatable bonds is 10. The summed E-state index contributed by atoms with van der Waals surface area (Å²) in [7, 11) is 1.65. The van der Waals surface area contributed by atoms with Crippen molar-refractivity contribution in [2.75, 3.05) is 20.3 Å². The van der Waals surface area contributed by atoms with Crippen molar-refractivity contribution in [3.63, 3.8) is 0 Å². The zero-order valence-electron chi connectivity index (χ0n) is 15.9. The molecule has 0 N–H and O–H groups in total. The van der Waals surface area contributed by atoms with E-state index in [1.54, 1.807) is 7.11 Å². The highest BCUT2D eigenvalue weighted by Crippen LogP contribution is 2.32. The van der Waals surface area contributed by atoms with Gasteiger partial charge in [0.15, 0.2) is 0 Å². The molecule has 0 aliphatic heterocycles. The average molecular weight is 356 g/mol. The second-order valence-electron chi connectivity index (χ2n) is 6.58. The maximum absolute atomic E-state index is 11.9. The number of carbonyl (C=O) groups is 1. The minimum Gasteiger partial charge on any atom is -0.497 e. The van der Waals surface area contributed by atoms with Crippen molar-refractivity contribution in [1.29, 1.82) is 0 Å². The van der Waals surface area contributed by atoms with Crippen LogP contribution in [0.4, 0.5) is 0 Å². The van der Waals surface area contributed by atoms with Crippen LogP contribution in [0.2, 0.25) is 0 Å². The van der Waals surface area contributed by atoms with Crippen molar-refractivity contribution >= 4 is 5.97 Å². The lowest BCUT2D eigenvalue weighted by molar-refractivity contribution is -0.143. The average Bonchev–Trinajstić information content (AvgIpc) is 2.67. The molecule has 0 aromatic heterocycles. The Balaban J connectivity index is 2.10. The third-order valence-electron chi connectivity index (χ3n) is 4.49. The number of esters is 1. The fourth-order valence-corrected chi connectivity index (χ4v) is 2.88. The lowest BCUT2D eigenvalue weighted by atomic mass is 9.79. The van der Waals surface area contributed by atoms with Crippen LogP contribution in [0, 0.1) is 0 Å². The minimum absolute atomic E-state index is 0.176. The Bertz CT molecular complexity index is 684. The van der Waals surface area contributed by atoms with Crippen molar-refractivity contribution in [1.82, 2.24) is 0 Å². The van der Waals surface area contributed by atoms with Crippen LogP contribution in [0.25, 0.3) is 0 Å². The van der Waals surface area contributed by atoms with Gasteiger partial charge in [0, 0.05) is 11.8 Å². The van der Waals surface area contributed by atoms with Crippen LogP contribution in [0.5, 0.6) is 5.75 Å². The van der Waals surface area contributed by atoms with Gasteiger partial charge in [-0.15, -0.1) is 0 Å². The molecule has 0 unspecified atom stereocenters. The zero-order chi connectivity index (χ0) is 18.8. The van der Waals surface area contributed by atoms with Gasteiger partial charge in [-0.3, -0.25) is 4.79 Å². The predicted molar refractivity (Wildman–Crippen MR) is 102 cm³/mol. The van der Waals surface area contributed by atoms with E-state index in [2.05, 4.69) is 13.0 Å². The topological polar surface area (TPSA) is 44.8 Å². The Hall–Kier alpha value is -2.33. The van der Waals surface area contributed by atoms with E-state index in [9.17, 15) is 4.79 Å². The molecule has 0 saturated carbocycles. The van der Waals surface area contributed by atoms with Crippen LogP contribution in [-0.4, -0.2) is 26.3 Å². The zero-order valence-corrected chi connectivity index (χ0v) is 15.9. The van der Waals surface area contributed by atoms with Crippen molar-refractivity contribution < 1.29 is 19.0 Å². The van der Waals surface area contributed by atoms with Crippen LogP contribution in [-0.2, 0) is 26.3 Å². The molecule has 1 atom stereocenters. The van der Waals surface area contributed by atoms with Gasteiger partial charge in [-0.2, -0.15) is 0 Å². The number of methoxy groups -OCH3 is 1. The first-order valence-corrected chi connectivity index (χ1v) is 8.99. The third kappa shape index (κ3) is 5.88. The molecule has 0 amide bonds. The van der Waals surface area contributed by atoms with E-state index in [0.717, 1.165) is 16.9 Å². The molecule has 0 saturated heterocycles. The molecule has 2 rings (SSSR count). The van der Waals surface area contributed by atoms with Crippen LogP contribution in [0.1, 0.15) is 37.8 Å².